The molecule has 2 heterocycles. The summed E-state index contributed by atoms with van der Waals surface area (Å²) < 4.78 is 1.67. The quantitative estimate of drug-likeness (QED) is 0.799. The minimum Gasteiger partial charge on any atom is -0.364 e. The Morgan fingerprint density at radius 3 is 3.06 bits per heavy atom. The fourth-order valence-corrected chi connectivity index (χ4v) is 1.56. The molecule has 0 aromatic carbocycles. The first-order valence-corrected chi connectivity index (χ1v) is 4.87. The van der Waals surface area contributed by atoms with Gasteiger partial charge in [-0.3, -0.25) is 4.68 Å². The maximum atomic E-state index is 9.01. The molecule has 6 heteroatoms. The number of H-pyrrole nitrogens is 1. The Balaban J connectivity index is 2.19. The normalized spacial score (nSPS) is 10.1. The van der Waals surface area contributed by atoms with Gasteiger partial charge in [0.15, 0.2) is 0 Å². The molecule has 0 aliphatic rings. The first-order chi connectivity index (χ1) is 7.72. The lowest BCUT2D eigenvalue weighted by Gasteiger charge is -2.05. The molecule has 82 valence electrons. The summed E-state index contributed by atoms with van der Waals surface area (Å²) in [7, 11) is 1.81. The Morgan fingerprint density at radius 2 is 2.44 bits per heavy atom. The number of imidazole rings is 1. The molecule has 0 saturated heterocycles. The number of rotatable bonds is 3. The van der Waals surface area contributed by atoms with E-state index in [-0.39, 0.29) is 0 Å². The fourth-order valence-electron chi connectivity index (χ4n) is 1.56. The van der Waals surface area contributed by atoms with Crippen molar-refractivity contribution in [1.29, 1.82) is 5.26 Å². The number of nitrogens with one attached hydrogen (secondary N) is 2. The van der Waals surface area contributed by atoms with Gasteiger partial charge < -0.3 is 10.3 Å². The summed E-state index contributed by atoms with van der Waals surface area (Å²) in [6.45, 7) is 2.41. The molecule has 0 fully saturated rings. The van der Waals surface area contributed by atoms with Crippen LogP contribution in [-0.2, 0) is 13.6 Å². The topological polar surface area (TPSA) is 82.3 Å². The zero-order chi connectivity index (χ0) is 11.5. The number of aromatic amines is 1. The standard InChI is InChI=1S/C10H12N6/c1-7-9(3-11)10(16(2)15-7)13-5-8-4-12-6-14-8/h4,6,13H,5H2,1-2H3,(H,12,14). The van der Waals surface area contributed by atoms with Crippen molar-refractivity contribution in [3.05, 3.63) is 29.5 Å². The van der Waals surface area contributed by atoms with Crippen LogP contribution in [0, 0.1) is 18.3 Å². The molecule has 2 N–H and O–H groups in total. The summed E-state index contributed by atoms with van der Waals surface area (Å²) in [5, 5.41) is 16.4. The Morgan fingerprint density at radius 1 is 1.62 bits per heavy atom. The molecule has 0 bridgehead atoms. The minimum atomic E-state index is 0.585. The van der Waals surface area contributed by atoms with Crippen molar-refractivity contribution in [2.24, 2.45) is 7.05 Å². The van der Waals surface area contributed by atoms with E-state index in [2.05, 4.69) is 26.5 Å². The number of anilines is 1. The summed E-state index contributed by atoms with van der Waals surface area (Å²) >= 11 is 0. The van der Waals surface area contributed by atoms with E-state index in [4.69, 9.17) is 5.26 Å². The van der Waals surface area contributed by atoms with Crippen molar-refractivity contribution in [1.82, 2.24) is 19.7 Å². The summed E-state index contributed by atoms with van der Waals surface area (Å²) in [6, 6.07) is 2.14. The zero-order valence-corrected chi connectivity index (χ0v) is 9.15. The van der Waals surface area contributed by atoms with Crippen LogP contribution >= 0.6 is 0 Å². The van der Waals surface area contributed by atoms with Crippen molar-refractivity contribution in [3.8, 4) is 6.07 Å². The van der Waals surface area contributed by atoms with Crippen LogP contribution in [0.3, 0.4) is 0 Å². The third-order valence-electron chi connectivity index (χ3n) is 2.34. The maximum Gasteiger partial charge on any atom is 0.142 e. The summed E-state index contributed by atoms with van der Waals surface area (Å²) in [4.78, 5) is 6.91. The van der Waals surface area contributed by atoms with Crippen LogP contribution in [-0.4, -0.2) is 19.7 Å². The molecule has 16 heavy (non-hydrogen) atoms. The highest BCUT2D eigenvalue weighted by Gasteiger charge is 2.12. The lowest BCUT2D eigenvalue weighted by atomic mass is 10.2. The van der Waals surface area contributed by atoms with Gasteiger partial charge in [-0.15, -0.1) is 0 Å². The molecular weight excluding hydrogens is 204 g/mol. The Labute approximate surface area is 92.9 Å². The van der Waals surface area contributed by atoms with E-state index in [1.54, 1.807) is 17.2 Å². The van der Waals surface area contributed by atoms with E-state index in [1.165, 1.54) is 0 Å². The Hall–Kier alpha value is -2.29. The van der Waals surface area contributed by atoms with Crippen LogP contribution in [0.5, 0.6) is 0 Å². The maximum absolute atomic E-state index is 9.01. The van der Waals surface area contributed by atoms with Crippen LogP contribution in [0.15, 0.2) is 12.5 Å². The van der Waals surface area contributed by atoms with E-state index >= 15 is 0 Å². The third-order valence-corrected chi connectivity index (χ3v) is 2.34. The van der Waals surface area contributed by atoms with Gasteiger partial charge in [0, 0.05) is 13.2 Å². The smallest absolute Gasteiger partial charge is 0.142 e. The second kappa shape index (κ2) is 4.06. The van der Waals surface area contributed by atoms with Gasteiger partial charge in [-0.05, 0) is 6.92 Å². The zero-order valence-electron chi connectivity index (χ0n) is 9.15. The summed E-state index contributed by atoms with van der Waals surface area (Å²) in [5.41, 5.74) is 2.28. The van der Waals surface area contributed by atoms with Gasteiger partial charge in [-0.1, -0.05) is 0 Å². The van der Waals surface area contributed by atoms with Crippen molar-refractivity contribution in [3.63, 3.8) is 0 Å². The van der Waals surface area contributed by atoms with Crippen molar-refractivity contribution in [2.45, 2.75) is 13.5 Å². The van der Waals surface area contributed by atoms with Crippen LogP contribution in [0.4, 0.5) is 5.82 Å². The second-order valence-electron chi connectivity index (χ2n) is 3.47. The second-order valence-corrected chi connectivity index (χ2v) is 3.47. The van der Waals surface area contributed by atoms with Crippen LogP contribution < -0.4 is 5.32 Å². The van der Waals surface area contributed by atoms with E-state index in [9.17, 15) is 0 Å². The highest BCUT2D eigenvalue weighted by molar-refractivity contribution is 5.54. The molecule has 0 spiro atoms. The first kappa shape index (κ1) is 10.2. The van der Waals surface area contributed by atoms with Crippen molar-refractivity contribution >= 4 is 5.82 Å². The molecule has 0 unspecified atom stereocenters. The molecule has 2 aromatic heterocycles. The molecule has 2 aromatic rings. The number of nitrogens with zero attached hydrogens (tertiary/aromatic N) is 4. The Bertz CT molecular complexity index is 516. The first-order valence-electron chi connectivity index (χ1n) is 4.87. The van der Waals surface area contributed by atoms with E-state index in [1.807, 2.05) is 14.0 Å². The molecule has 0 atom stereocenters. The fraction of sp³-hybridized carbons (Fsp3) is 0.300. The summed E-state index contributed by atoms with van der Waals surface area (Å²) in [5.74, 6) is 0.731. The van der Waals surface area contributed by atoms with E-state index in [0.29, 0.717) is 12.1 Å². The number of aryl methyl sites for hydroxylation is 2. The number of hydrogen-bond acceptors (Lipinski definition) is 4. The largest absolute Gasteiger partial charge is 0.364 e. The third kappa shape index (κ3) is 1.75. The number of aromatic nitrogens is 4. The van der Waals surface area contributed by atoms with Crippen molar-refractivity contribution < 1.29 is 0 Å². The molecular formula is C10H12N6. The molecule has 0 aliphatic heterocycles. The van der Waals surface area contributed by atoms with Gasteiger partial charge in [0.25, 0.3) is 0 Å². The highest BCUT2D eigenvalue weighted by atomic mass is 15.3. The lowest BCUT2D eigenvalue weighted by Crippen LogP contribution is -2.05. The van der Waals surface area contributed by atoms with E-state index < -0.39 is 0 Å². The van der Waals surface area contributed by atoms with Gasteiger partial charge in [0.2, 0.25) is 0 Å². The van der Waals surface area contributed by atoms with Crippen LogP contribution in [0.25, 0.3) is 0 Å². The van der Waals surface area contributed by atoms with Gasteiger partial charge in [-0.2, -0.15) is 10.4 Å². The summed E-state index contributed by atoms with van der Waals surface area (Å²) in [6.07, 6.45) is 3.36. The van der Waals surface area contributed by atoms with E-state index in [0.717, 1.165) is 17.2 Å². The van der Waals surface area contributed by atoms with Crippen molar-refractivity contribution in [2.75, 3.05) is 5.32 Å². The Kier molecular flexibility index (Phi) is 2.60. The lowest BCUT2D eigenvalue weighted by molar-refractivity contribution is 0.757. The molecule has 0 saturated carbocycles. The molecule has 0 aliphatic carbocycles. The van der Waals surface area contributed by atoms with Gasteiger partial charge in [-0.25, -0.2) is 4.98 Å². The molecule has 0 amide bonds. The van der Waals surface area contributed by atoms with Gasteiger partial charge >= 0.3 is 0 Å². The molecule has 6 nitrogen and oxygen atoms in total. The monoisotopic (exact) mass is 216 g/mol. The predicted molar refractivity (Wildman–Crippen MR) is 58.6 cm³/mol. The number of hydrogen-bond donors (Lipinski definition) is 2. The predicted octanol–water partition coefficient (Wildman–Crippen LogP) is 0.935. The average molecular weight is 216 g/mol. The number of nitriles is 1. The van der Waals surface area contributed by atoms with Crippen LogP contribution in [0.1, 0.15) is 17.0 Å². The average Bonchev–Trinajstić information content (AvgIpc) is 2.83. The molecule has 0 radical (unpaired) electrons. The van der Waals surface area contributed by atoms with Gasteiger partial charge in [0.05, 0.1) is 24.3 Å². The SMILES string of the molecule is Cc1nn(C)c(NCc2cnc[nH]2)c1C#N. The molecule has 2 rings (SSSR count). The van der Waals surface area contributed by atoms with Crippen LogP contribution in [0.2, 0.25) is 0 Å². The highest BCUT2D eigenvalue weighted by Crippen LogP contribution is 2.17. The van der Waals surface area contributed by atoms with Gasteiger partial charge in [0.1, 0.15) is 17.5 Å². The minimum absolute atomic E-state index is 0.585.